The summed E-state index contributed by atoms with van der Waals surface area (Å²) in [5.74, 6) is 1.44. The Hall–Kier alpha value is -1.06. The average Bonchev–Trinajstić information content (AvgIpc) is 2.57. The Balaban J connectivity index is 2.43. The molecule has 1 unspecified atom stereocenters. The monoisotopic (exact) mass is 251 g/mol. The van der Waals surface area contributed by atoms with Gasteiger partial charge >= 0.3 is 0 Å². The lowest BCUT2D eigenvalue weighted by Crippen LogP contribution is -2.29. The van der Waals surface area contributed by atoms with Crippen molar-refractivity contribution in [3.05, 3.63) is 29.0 Å². The van der Waals surface area contributed by atoms with Gasteiger partial charge in [-0.15, -0.1) is 0 Å². The van der Waals surface area contributed by atoms with Crippen LogP contribution in [0.2, 0.25) is 5.02 Å². The van der Waals surface area contributed by atoms with Crippen LogP contribution >= 0.6 is 11.6 Å². The largest absolute Gasteiger partial charge is 0.330 e. The van der Waals surface area contributed by atoms with Crippen LogP contribution in [0, 0.1) is 5.92 Å². The van der Waals surface area contributed by atoms with Gasteiger partial charge in [-0.05, 0) is 18.1 Å². The highest BCUT2D eigenvalue weighted by atomic mass is 35.5. The molecule has 4 heteroatoms. The molecule has 0 amide bonds. The Bertz CT molecular complexity index is 531. The van der Waals surface area contributed by atoms with E-state index in [9.17, 15) is 0 Å². The first kappa shape index (κ1) is 12.4. The third kappa shape index (κ3) is 2.31. The molecule has 2 N–H and O–H groups in total. The number of halogens is 1. The van der Waals surface area contributed by atoms with Gasteiger partial charge in [0.05, 0.1) is 16.1 Å². The van der Waals surface area contributed by atoms with Crippen molar-refractivity contribution in [2.24, 2.45) is 18.7 Å². The van der Waals surface area contributed by atoms with E-state index in [0.29, 0.717) is 5.92 Å². The predicted molar refractivity (Wildman–Crippen MR) is 72.2 cm³/mol. The molecular weight excluding hydrogens is 234 g/mol. The maximum absolute atomic E-state index is 6.18. The first-order chi connectivity index (χ1) is 8.00. The van der Waals surface area contributed by atoms with E-state index in [1.165, 1.54) is 0 Å². The molecule has 0 bridgehead atoms. The van der Waals surface area contributed by atoms with Crippen molar-refractivity contribution in [1.82, 2.24) is 9.55 Å². The Labute approximate surface area is 107 Å². The average molecular weight is 252 g/mol. The number of rotatable bonds is 3. The zero-order chi connectivity index (χ0) is 12.6. The molecule has 0 aliphatic carbocycles. The molecule has 0 radical (unpaired) electrons. The standard InChI is InChI=1S/C13H18ClN3/c1-8(2)10(15)7-12-16-11-6-4-5-9(14)13(11)17(12)3/h4-6,8,10H,7,15H2,1-3H3. The normalized spacial score (nSPS) is 13.5. The fourth-order valence-corrected chi connectivity index (χ4v) is 2.19. The smallest absolute Gasteiger partial charge is 0.111 e. The van der Waals surface area contributed by atoms with Crippen LogP contribution in [0.3, 0.4) is 0 Å². The van der Waals surface area contributed by atoms with Crippen molar-refractivity contribution in [3.8, 4) is 0 Å². The van der Waals surface area contributed by atoms with E-state index in [1.807, 2.05) is 29.8 Å². The first-order valence-corrected chi connectivity index (χ1v) is 6.24. The fraction of sp³-hybridized carbons (Fsp3) is 0.462. The second-order valence-electron chi connectivity index (χ2n) is 4.81. The second kappa shape index (κ2) is 4.67. The summed E-state index contributed by atoms with van der Waals surface area (Å²) < 4.78 is 2.04. The molecule has 0 saturated carbocycles. The summed E-state index contributed by atoms with van der Waals surface area (Å²) in [5.41, 5.74) is 8.01. The zero-order valence-corrected chi connectivity index (χ0v) is 11.2. The lowest BCUT2D eigenvalue weighted by molar-refractivity contribution is 0.477. The number of benzene rings is 1. The lowest BCUT2D eigenvalue weighted by Gasteiger charge is -2.14. The summed E-state index contributed by atoms with van der Waals surface area (Å²) in [5, 5.41) is 0.738. The number of imidazole rings is 1. The van der Waals surface area contributed by atoms with Gasteiger partial charge in [-0.1, -0.05) is 31.5 Å². The number of nitrogens with two attached hydrogens (primary N) is 1. The van der Waals surface area contributed by atoms with Gasteiger partial charge in [-0.25, -0.2) is 4.98 Å². The summed E-state index contributed by atoms with van der Waals surface area (Å²) in [6, 6.07) is 5.91. The molecule has 1 heterocycles. The lowest BCUT2D eigenvalue weighted by atomic mass is 10.0. The summed E-state index contributed by atoms with van der Waals surface area (Å²) in [6.07, 6.45) is 0.777. The van der Waals surface area contributed by atoms with E-state index in [1.54, 1.807) is 0 Å². The van der Waals surface area contributed by atoms with E-state index in [4.69, 9.17) is 17.3 Å². The van der Waals surface area contributed by atoms with Crippen LogP contribution < -0.4 is 5.73 Å². The highest BCUT2D eigenvalue weighted by molar-refractivity contribution is 6.35. The van der Waals surface area contributed by atoms with Gasteiger partial charge in [0.2, 0.25) is 0 Å². The van der Waals surface area contributed by atoms with Crippen molar-refractivity contribution < 1.29 is 0 Å². The maximum Gasteiger partial charge on any atom is 0.111 e. The molecule has 1 aromatic heterocycles. The van der Waals surface area contributed by atoms with Gasteiger partial charge in [0.1, 0.15) is 5.82 Å². The number of nitrogens with zero attached hydrogens (tertiary/aromatic N) is 2. The van der Waals surface area contributed by atoms with Gasteiger partial charge in [0.25, 0.3) is 0 Å². The Morgan fingerprint density at radius 2 is 2.12 bits per heavy atom. The van der Waals surface area contributed by atoms with Crippen LogP contribution in [0.25, 0.3) is 11.0 Å². The highest BCUT2D eigenvalue weighted by Gasteiger charge is 2.15. The van der Waals surface area contributed by atoms with E-state index in [2.05, 4.69) is 18.8 Å². The maximum atomic E-state index is 6.18. The molecule has 1 atom stereocenters. The van der Waals surface area contributed by atoms with Crippen LogP contribution in [-0.4, -0.2) is 15.6 Å². The predicted octanol–water partition coefficient (Wildman–Crippen LogP) is 2.75. The minimum Gasteiger partial charge on any atom is -0.330 e. The van der Waals surface area contributed by atoms with Crippen molar-refractivity contribution in [1.29, 1.82) is 0 Å². The summed E-state index contributed by atoms with van der Waals surface area (Å²) >= 11 is 6.18. The fourth-order valence-electron chi connectivity index (χ4n) is 1.90. The number of hydrogen-bond acceptors (Lipinski definition) is 2. The van der Waals surface area contributed by atoms with Gasteiger partial charge in [0, 0.05) is 19.5 Å². The van der Waals surface area contributed by atoms with Crippen LogP contribution in [-0.2, 0) is 13.5 Å². The number of aryl methyl sites for hydroxylation is 1. The highest BCUT2D eigenvalue weighted by Crippen LogP contribution is 2.24. The van der Waals surface area contributed by atoms with Crippen LogP contribution in [0.4, 0.5) is 0 Å². The van der Waals surface area contributed by atoms with Gasteiger partial charge in [-0.3, -0.25) is 0 Å². The third-order valence-corrected chi connectivity index (χ3v) is 3.52. The minimum atomic E-state index is 0.129. The van der Waals surface area contributed by atoms with Crippen molar-refractivity contribution in [2.45, 2.75) is 26.3 Å². The Kier molecular flexibility index (Phi) is 3.40. The topological polar surface area (TPSA) is 43.8 Å². The molecule has 0 saturated heterocycles. The van der Waals surface area contributed by atoms with Crippen LogP contribution in [0.1, 0.15) is 19.7 Å². The molecule has 0 fully saturated rings. The summed E-state index contributed by atoms with van der Waals surface area (Å²) in [6.45, 7) is 4.25. The van der Waals surface area contributed by atoms with Crippen molar-refractivity contribution in [3.63, 3.8) is 0 Å². The molecule has 92 valence electrons. The quantitative estimate of drug-likeness (QED) is 0.912. The summed E-state index contributed by atoms with van der Waals surface area (Å²) in [4.78, 5) is 4.59. The van der Waals surface area contributed by atoms with E-state index in [-0.39, 0.29) is 6.04 Å². The van der Waals surface area contributed by atoms with Gasteiger partial charge in [-0.2, -0.15) is 0 Å². The second-order valence-corrected chi connectivity index (χ2v) is 5.21. The number of hydrogen-bond donors (Lipinski definition) is 1. The third-order valence-electron chi connectivity index (χ3n) is 3.21. The van der Waals surface area contributed by atoms with Crippen LogP contribution in [0.15, 0.2) is 18.2 Å². The number of aromatic nitrogens is 2. The first-order valence-electron chi connectivity index (χ1n) is 5.86. The van der Waals surface area contributed by atoms with Crippen molar-refractivity contribution >= 4 is 22.6 Å². The zero-order valence-electron chi connectivity index (χ0n) is 10.4. The van der Waals surface area contributed by atoms with Gasteiger partial charge in [0.15, 0.2) is 0 Å². The molecule has 2 aromatic rings. The number of fused-ring (bicyclic) bond motifs is 1. The molecule has 3 nitrogen and oxygen atoms in total. The van der Waals surface area contributed by atoms with E-state index >= 15 is 0 Å². The van der Waals surface area contributed by atoms with E-state index < -0.39 is 0 Å². The number of para-hydroxylation sites is 1. The minimum absolute atomic E-state index is 0.129. The molecule has 17 heavy (non-hydrogen) atoms. The summed E-state index contributed by atoms with van der Waals surface area (Å²) in [7, 11) is 1.99. The molecular formula is C13H18ClN3. The SMILES string of the molecule is CC(C)C(N)Cc1nc2cccc(Cl)c2n1C. The molecule has 0 aliphatic rings. The van der Waals surface area contributed by atoms with E-state index in [0.717, 1.165) is 28.3 Å². The van der Waals surface area contributed by atoms with Gasteiger partial charge < -0.3 is 10.3 Å². The Morgan fingerprint density at radius 1 is 1.41 bits per heavy atom. The molecule has 2 rings (SSSR count). The molecule has 0 aliphatic heterocycles. The molecule has 0 spiro atoms. The van der Waals surface area contributed by atoms with Crippen molar-refractivity contribution in [2.75, 3.05) is 0 Å². The molecule has 1 aromatic carbocycles. The Morgan fingerprint density at radius 3 is 2.71 bits per heavy atom. The van der Waals surface area contributed by atoms with Crippen LogP contribution in [0.5, 0.6) is 0 Å².